The third kappa shape index (κ3) is 3.18. The van der Waals surface area contributed by atoms with Gasteiger partial charge in [0.1, 0.15) is 10.6 Å². The summed E-state index contributed by atoms with van der Waals surface area (Å²) in [6, 6.07) is 20.8. The number of hydrogen-bond acceptors (Lipinski definition) is 4. The van der Waals surface area contributed by atoms with Gasteiger partial charge in [-0.2, -0.15) is 4.98 Å². The molecule has 3 nitrogen and oxygen atoms in total. The Morgan fingerprint density at radius 3 is 2.31 bits per heavy atom. The summed E-state index contributed by atoms with van der Waals surface area (Å²) in [4.78, 5) is 13.4. The second kappa shape index (κ2) is 7.06. The molecular weight excluding hydrogens is 362 g/mol. The van der Waals surface area contributed by atoms with E-state index in [2.05, 4.69) is 70.3 Å². The second-order valence-electron chi connectivity index (χ2n) is 6.24. The molecule has 0 saturated heterocycles. The van der Waals surface area contributed by atoms with Crippen LogP contribution in [0.25, 0.3) is 21.3 Å². The quantitative estimate of drug-likeness (QED) is 0.410. The summed E-state index contributed by atoms with van der Waals surface area (Å²) in [5.74, 6) is 0.868. The van der Waals surface area contributed by atoms with Crippen LogP contribution in [0.1, 0.15) is 10.4 Å². The Morgan fingerprint density at radius 1 is 0.962 bits per heavy atom. The first kappa shape index (κ1) is 17.0. The largest absolute Gasteiger partial charge is 0.355 e. The minimum atomic E-state index is 0.285. The van der Waals surface area contributed by atoms with E-state index < -0.39 is 0 Å². The summed E-state index contributed by atoms with van der Waals surface area (Å²) in [7, 11) is 2.05. The van der Waals surface area contributed by atoms with Gasteiger partial charge in [0, 0.05) is 24.0 Å². The number of fused-ring (bicyclic) bond motifs is 1. The van der Waals surface area contributed by atoms with Gasteiger partial charge in [0.15, 0.2) is 0 Å². The van der Waals surface area contributed by atoms with Crippen molar-refractivity contribution in [3.63, 3.8) is 0 Å². The fourth-order valence-electron chi connectivity index (χ4n) is 3.23. The molecule has 5 heteroatoms. The van der Waals surface area contributed by atoms with Crippen LogP contribution in [0.15, 0.2) is 60.7 Å². The minimum absolute atomic E-state index is 0.285. The summed E-state index contributed by atoms with van der Waals surface area (Å²) in [6.07, 6.45) is 0. The van der Waals surface area contributed by atoms with E-state index in [1.54, 1.807) is 11.3 Å². The number of aryl methyl sites for hydroxylation is 1. The molecule has 2 heterocycles. The minimum Gasteiger partial charge on any atom is -0.355 e. The molecule has 4 aromatic rings. The molecule has 0 atom stereocenters. The number of nitrogens with zero attached hydrogens (tertiary/aromatic N) is 3. The lowest BCUT2D eigenvalue weighted by Crippen LogP contribution is -2.18. The highest BCUT2D eigenvalue weighted by Crippen LogP contribution is 2.42. The van der Waals surface area contributed by atoms with E-state index in [0.717, 1.165) is 22.6 Å². The van der Waals surface area contributed by atoms with Crippen molar-refractivity contribution in [1.29, 1.82) is 0 Å². The molecule has 130 valence electrons. The Hall–Kier alpha value is -2.43. The van der Waals surface area contributed by atoms with E-state index in [1.807, 2.05) is 19.2 Å². The van der Waals surface area contributed by atoms with Gasteiger partial charge in [0.2, 0.25) is 5.28 Å². The Labute approximate surface area is 161 Å². The zero-order chi connectivity index (χ0) is 18.1. The molecule has 0 bridgehead atoms. The summed E-state index contributed by atoms with van der Waals surface area (Å²) in [6.45, 7) is 2.88. The molecular formula is C21H18ClN3S. The fourth-order valence-corrected chi connectivity index (χ4v) is 4.48. The van der Waals surface area contributed by atoms with Crippen LogP contribution in [0.3, 0.4) is 0 Å². The first-order valence-electron chi connectivity index (χ1n) is 8.40. The van der Waals surface area contributed by atoms with Gasteiger partial charge in [-0.1, -0.05) is 60.7 Å². The molecule has 0 fully saturated rings. The molecule has 0 aliphatic heterocycles. The number of thiophene rings is 1. The van der Waals surface area contributed by atoms with Gasteiger partial charge in [-0.15, -0.1) is 11.3 Å². The van der Waals surface area contributed by atoms with E-state index in [-0.39, 0.29) is 5.28 Å². The SMILES string of the molecule is Cc1sc2nc(Cl)nc(N(C)Cc3ccccc3)c2c1-c1ccccc1. The van der Waals surface area contributed by atoms with E-state index >= 15 is 0 Å². The second-order valence-corrected chi connectivity index (χ2v) is 7.78. The molecule has 2 aromatic carbocycles. The number of halogens is 1. The highest BCUT2D eigenvalue weighted by molar-refractivity contribution is 7.19. The lowest BCUT2D eigenvalue weighted by Gasteiger charge is -2.20. The first-order chi connectivity index (χ1) is 12.6. The van der Waals surface area contributed by atoms with Gasteiger partial charge in [-0.25, -0.2) is 4.98 Å². The number of aromatic nitrogens is 2. The van der Waals surface area contributed by atoms with Crippen LogP contribution in [-0.2, 0) is 6.54 Å². The zero-order valence-electron chi connectivity index (χ0n) is 14.6. The van der Waals surface area contributed by atoms with Crippen molar-refractivity contribution < 1.29 is 0 Å². The van der Waals surface area contributed by atoms with Gasteiger partial charge in [0.05, 0.1) is 5.39 Å². The Morgan fingerprint density at radius 2 is 1.62 bits per heavy atom. The van der Waals surface area contributed by atoms with Crippen molar-refractivity contribution in [3.8, 4) is 11.1 Å². The van der Waals surface area contributed by atoms with Crippen LogP contribution in [0, 0.1) is 6.92 Å². The van der Waals surface area contributed by atoms with Crippen LogP contribution in [-0.4, -0.2) is 17.0 Å². The highest BCUT2D eigenvalue weighted by atomic mass is 35.5. The number of anilines is 1. The van der Waals surface area contributed by atoms with E-state index in [1.165, 1.54) is 21.6 Å². The molecule has 26 heavy (non-hydrogen) atoms. The Kier molecular flexibility index (Phi) is 4.62. The Bertz CT molecular complexity index is 1050. The van der Waals surface area contributed by atoms with Crippen LogP contribution >= 0.6 is 22.9 Å². The smallest absolute Gasteiger partial charge is 0.225 e. The Balaban J connectivity index is 1.88. The van der Waals surface area contributed by atoms with Crippen LogP contribution in [0.4, 0.5) is 5.82 Å². The maximum Gasteiger partial charge on any atom is 0.225 e. The molecule has 0 aliphatic carbocycles. The molecule has 4 rings (SSSR count). The van der Waals surface area contributed by atoms with Gasteiger partial charge in [-0.3, -0.25) is 0 Å². The van der Waals surface area contributed by atoms with Crippen molar-refractivity contribution >= 4 is 39.0 Å². The lowest BCUT2D eigenvalue weighted by atomic mass is 10.0. The average molecular weight is 380 g/mol. The monoisotopic (exact) mass is 379 g/mol. The summed E-state index contributed by atoms with van der Waals surface area (Å²) in [5.41, 5.74) is 3.60. The highest BCUT2D eigenvalue weighted by Gasteiger charge is 2.20. The molecule has 2 aromatic heterocycles. The molecule has 0 N–H and O–H groups in total. The maximum atomic E-state index is 6.24. The topological polar surface area (TPSA) is 29.0 Å². The molecule has 0 aliphatic rings. The fraction of sp³-hybridized carbons (Fsp3) is 0.143. The van der Waals surface area contributed by atoms with Gasteiger partial charge < -0.3 is 4.90 Å². The predicted octanol–water partition coefficient (Wildman–Crippen LogP) is 5.96. The van der Waals surface area contributed by atoms with Gasteiger partial charge in [0.25, 0.3) is 0 Å². The summed E-state index contributed by atoms with van der Waals surface area (Å²) in [5, 5.41) is 1.36. The third-order valence-corrected chi connectivity index (χ3v) is 5.54. The average Bonchev–Trinajstić information content (AvgIpc) is 2.98. The summed E-state index contributed by atoms with van der Waals surface area (Å²) >= 11 is 7.90. The predicted molar refractivity (Wildman–Crippen MR) is 111 cm³/mol. The standard InChI is InChI=1S/C21H18ClN3S/c1-14-17(16-11-7-4-8-12-16)18-19(23-21(22)24-20(18)26-14)25(2)13-15-9-5-3-6-10-15/h3-12H,13H2,1-2H3. The number of benzene rings is 2. The van der Waals surface area contributed by atoms with Crippen molar-refractivity contribution in [2.45, 2.75) is 13.5 Å². The normalized spacial score (nSPS) is 11.0. The van der Waals surface area contributed by atoms with E-state index in [0.29, 0.717) is 0 Å². The molecule has 0 spiro atoms. The van der Waals surface area contributed by atoms with Gasteiger partial charge in [-0.05, 0) is 29.7 Å². The number of hydrogen-bond donors (Lipinski definition) is 0. The first-order valence-corrected chi connectivity index (χ1v) is 9.60. The van der Waals surface area contributed by atoms with Crippen molar-refractivity contribution in [1.82, 2.24) is 9.97 Å². The van der Waals surface area contributed by atoms with E-state index in [9.17, 15) is 0 Å². The van der Waals surface area contributed by atoms with Gasteiger partial charge >= 0.3 is 0 Å². The molecule has 0 unspecified atom stereocenters. The molecule has 0 radical (unpaired) electrons. The lowest BCUT2D eigenvalue weighted by molar-refractivity contribution is 0.901. The molecule has 0 amide bonds. The van der Waals surface area contributed by atoms with E-state index in [4.69, 9.17) is 11.6 Å². The van der Waals surface area contributed by atoms with Crippen molar-refractivity contribution in [2.24, 2.45) is 0 Å². The molecule has 0 saturated carbocycles. The summed E-state index contributed by atoms with van der Waals surface area (Å²) < 4.78 is 0. The zero-order valence-corrected chi connectivity index (χ0v) is 16.2. The number of rotatable bonds is 4. The third-order valence-electron chi connectivity index (χ3n) is 4.37. The maximum absolute atomic E-state index is 6.24. The van der Waals surface area contributed by atoms with Crippen LogP contribution < -0.4 is 4.90 Å². The van der Waals surface area contributed by atoms with Crippen molar-refractivity contribution in [3.05, 3.63) is 76.4 Å². The van der Waals surface area contributed by atoms with Crippen LogP contribution in [0.5, 0.6) is 0 Å². The van der Waals surface area contributed by atoms with Crippen molar-refractivity contribution in [2.75, 3.05) is 11.9 Å². The van der Waals surface area contributed by atoms with Crippen LogP contribution in [0.2, 0.25) is 5.28 Å².